The molecule has 0 N–H and O–H groups in total. The molecular formula is C18H40O2P2. The van der Waals surface area contributed by atoms with Gasteiger partial charge in [0.2, 0.25) is 0 Å². The van der Waals surface area contributed by atoms with Crippen LogP contribution in [0.25, 0.3) is 0 Å². The summed E-state index contributed by atoms with van der Waals surface area (Å²) in [6.07, 6.45) is 1.15. The summed E-state index contributed by atoms with van der Waals surface area (Å²) in [5.74, 6) is 0. The minimum atomic E-state index is -2.49. The van der Waals surface area contributed by atoms with Crippen LogP contribution in [0.2, 0.25) is 0 Å². The van der Waals surface area contributed by atoms with Gasteiger partial charge in [0.1, 0.15) is 0 Å². The number of hydrogen-bond donors (Lipinski definition) is 0. The summed E-state index contributed by atoms with van der Waals surface area (Å²) in [6.45, 7) is 24.8. The van der Waals surface area contributed by atoms with E-state index in [9.17, 15) is 9.13 Å². The molecule has 0 amide bonds. The maximum Gasteiger partial charge on any atom is 0.0982 e. The number of hydrogen-bond acceptors (Lipinski definition) is 2. The lowest BCUT2D eigenvalue weighted by Crippen LogP contribution is -2.35. The van der Waals surface area contributed by atoms with Crippen molar-refractivity contribution < 1.29 is 9.13 Å². The van der Waals surface area contributed by atoms with E-state index in [1.807, 2.05) is 0 Å². The molecule has 0 aliphatic rings. The second-order valence-corrected chi connectivity index (χ2v) is 19.8. The van der Waals surface area contributed by atoms with Crippen molar-refractivity contribution >= 4 is 14.3 Å². The largest absolute Gasteiger partial charge is 0.322 e. The van der Waals surface area contributed by atoms with Crippen LogP contribution in [0.1, 0.15) is 83.1 Å². The first-order valence-corrected chi connectivity index (χ1v) is 12.2. The second kappa shape index (κ2) is 6.07. The number of rotatable bonds is 3. The zero-order valence-corrected chi connectivity index (χ0v) is 18.9. The first-order valence-electron chi connectivity index (χ1n) is 8.39. The molecule has 0 rings (SSSR count). The quantitative estimate of drug-likeness (QED) is 0.518. The van der Waals surface area contributed by atoms with Gasteiger partial charge in [0, 0.05) is 32.9 Å². The average Bonchev–Trinajstić information content (AvgIpc) is 2.18. The minimum absolute atomic E-state index is 0.258. The van der Waals surface area contributed by atoms with Crippen molar-refractivity contribution in [1.82, 2.24) is 0 Å². The molecule has 0 saturated heterocycles. The molecule has 0 radical (unpaired) electrons. The van der Waals surface area contributed by atoms with E-state index in [1.165, 1.54) is 0 Å². The van der Waals surface area contributed by atoms with E-state index >= 15 is 0 Å². The van der Waals surface area contributed by atoms with Crippen LogP contribution in [0, 0.1) is 0 Å². The van der Waals surface area contributed by atoms with Gasteiger partial charge in [-0.15, -0.1) is 0 Å². The predicted molar refractivity (Wildman–Crippen MR) is 104 cm³/mol. The maximum atomic E-state index is 13.8. The Bertz CT molecular complexity index is 395. The third-order valence-electron chi connectivity index (χ3n) is 5.06. The van der Waals surface area contributed by atoms with Gasteiger partial charge in [-0.2, -0.15) is 0 Å². The van der Waals surface area contributed by atoms with Gasteiger partial charge in [-0.05, 0) is 0 Å². The fourth-order valence-corrected chi connectivity index (χ4v) is 12.6. The molecule has 0 aliphatic heterocycles. The average molecular weight is 350 g/mol. The Kier molecular flexibility index (Phi) is 6.20. The van der Waals surface area contributed by atoms with Gasteiger partial charge in [-0.3, -0.25) is 0 Å². The zero-order chi connectivity index (χ0) is 18.4. The molecule has 2 nitrogen and oxygen atoms in total. The van der Waals surface area contributed by atoms with Crippen molar-refractivity contribution in [3.8, 4) is 0 Å². The molecule has 0 aromatic carbocycles. The van der Waals surface area contributed by atoms with Crippen molar-refractivity contribution in [3.05, 3.63) is 0 Å². The Morgan fingerprint density at radius 3 is 0.682 bits per heavy atom. The highest BCUT2D eigenvalue weighted by molar-refractivity contribution is 7.70. The summed E-state index contributed by atoms with van der Waals surface area (Å²) in [5.41, 5.74) is 0. The van der Waals surface area contributed by atoms with E-state index in [1.54, 1.807) is 0 Å². The van der Waals surface area contributed by atoms with Crippen LogP contribution in [-0.4, -0.2) is 32.9 Å². The van der Waals surface area contributed by atoms with Crippen molar-refractivity contribution in [2.75, 3.05) is 12.3 Å². The Morgan fingerprint density at radius 2 is 0.591 bits per heavy atom. The van der Waals surface area contributed by atoms with Crippen LogP contribution in [-0.2, 0) is 9.13 Å². The lowest BCUT2D eigenvalue weighted by molar-refractivity contribution is 0.509. The van der Waals surface area contributed by atoms with Gasteiger partial charge in [0.15, 0.2) is 0 Å². The van der Waals surface area contributed by atoms with Crippen LogP contribution in [0.15, 0.2) is 0 Å². The van der Waals surface area contributed by atoms with Crippen LogP contribution in [0.5, 0.6) is 0 Å². The van der Waals surface area contributed by atoms with E-state index in [0.717, 1.165) is 0 Å². The van der Waals surface area contributed by atoms with E-state index < -0.39 is 14.3 Å². The highest BCUT2D eigenvalue weighted by Gasteiger charge is 2.51. The van der Waals surface area contributed by atoms with Crippen molar-refractivity contribution in [2.45, 2.75) is 104 Å². The first-order chi connectivity index (χ1) is 9.21. The highest BCUT2D eigenvalue weighted by atomic mass is 31.2. The molecule has 0 aromatic heterocycles. The first kappa shape index (κ1) is 22.5. The summed E-state index contributed by atoms with van der Waals surface area (Å²) in [6, 6.07) is 0. The van der Waals surface area contributed by atoms with Crippen LogP contribution >= 0.6 is 14.3 Å². The molecule has 0 atom stereocenters. The van der Waals surface area contributed by atoms with Crippen molar-refractivity contribution in [3.63, 3.8) is 0 Å². The predicted octanol–water partition coefficient (Wildman–Crippen LogP) is 6.91. The molecule has 0 aromatic rings. The minimum Gasteiger partial charge on any atom is -0.322 e. The Hall–Kier alpha value is 0.460. The standard InChI is InChI=1S/C18H40O2P2/c1-15(2,3)21(19,16(4,5)6)13-14-22(20,17(7,8)9)18(10,11)12/h13-14H2,1-12H3. The van der Waals surface area contributed by atoms with E-state index in [-0.39, 0.29) is 20.6 Å². The van der Waals surface area contributed by atoms with Crippen molar-refractivity contribution in [1.29, 1.82) is 0 Å². The monoisotopic (exact) mass is 350 g/mol. The highest BCUT2D eigenvalue weighted by Crippen LogP contribution is 2.72. The van der Waals surface area contributed by atoms with Gasteiger partial charge in [0.05, 0.1) is 14.3 Å². The van der Waals surface area contributed by atoms with E-state index in [4.69, 9.17) is 0 Å². The Labute approximate surface area is 140 Å². The lowest BCUT2D eigenvalue weighted by Gasteiger charge is -2.45. The molecular weight excluding hydrogens is 310 g/mol. The molecule has 0 heterocycles. The van der Waals surface area contributed by atoms with Gasteiger partial charge in [-0.1, -0.05) is 83.1 Å². The van der Waals surface area contributed by atoms with Gasteiger partial charge in [0.25, 0.3) is 0 Å². The summed E-state index contributed by atoms with van der Waals surface area (Å²) >= 11 is 0. The van der Waals surface area contributed by atoms with Gasteiger partial charge < -0.3 is 9.13 Å². The SMILES string of the molecule is CC(C)(C)P(=O)(CCP(=O)(C(C)(C)C)C(C)(C)C)C(C)(C)C. The third kappa shape index (κ3) is 4.10. The van der Waals surface area contributed by atoms with E-state index in [2.05, 4.69) is 83.1 Å². The Balaban J connectivity index is 5.84. The molecule has 4 heteroatoms. The summed E-state index contributed by atoms with van der Waals surface area (Å²) in [4.78, 5) is 0. The lowest BCUT2D eigenvalue weighted by atomic mass is 10.2. The fraction of sp³-hybridized carbons (Fsp3) is 1.00. The van der Waals surface area contributed by atoms with E-state index in [0.29, 0.717) is 12.3 Å². The molecule has 0 bridgehead atoms. The van der Waals surface area contributed by atoms with Gasteiger partial charge >= 0.3 is 0 Å². The fourth-order valence-electron chi connectivity index (χ4n) is 3.64. The van der Waals surface area contributed by atoms with Crippen LogP contribution in [0.4, 0.5) is 0 Å². The second-order valence-electron chi connectivity index (χ2n) is 10.6. The summed E-state index contributed by atoms with van der Waals surface area (Å²) < 4.78 is 27.7. The third-order valence-corrected chi connectivity index (χ3v) is 15.8. The smallest absolute Gasteiger partial charge is 0.0982 e. The molecule has 0 unspecified atom stereocenters. The maximum absolute atomic E-state index is 13.8. The normalized spacial score (nSPS) is 16.0. The molecule has 0 aliphatic carbocycles. The molecule has 0 saturated carbocycles. The summed E-state index contributed by atoms with van der Waals surface area (Å²) in [7, 11) is -4.99. The molecule has 0 spiro atoms. The van der Waals surface area contributed by atoms with Crippen LogP contribution in [0.3, 0.4) is 0 Å². The summed E-state index contributed by atoms with van der Waals surface area (Å²) in [5, 5.41) is -1.03. The molecule has 134 valence electrons. The topological polar surface area (TPSA) is 34.1 Å². The molecule has 0 fully saturated rings. The van der Waals surface area contributed by atoms with Crippen LogP contribution < -0.4 is 0 Å². The zero-order valence-electron chi connectivity index (χ0n) is 17.1. The van der Waals surface area contributed by atoms with Gasteiger partial charge in [-0.25, -0.2) is 0 Å². The Morgan fingerprint density at radius 1 is 0.455 bits per heavy atom. The molecule has 22 heavy (non-hydrogen) atoms. The van der Waals surface area contributed by atoms with Crippen molar-refractivity contribution in [2.24, 2.45) is 0 Å².